The number of nitrogens with one attached hydrogen (secondary N) is 2. The molecule has 4 rings (SSSR count). The molecule has 3 heterocycles. The van der Waals surface area contributed by atoms with Crippen molar-refractivity contribution < 1.29 is 0 Å². The van der Waals surface area contributed by atoms with Crippen molar-refractivity contribution in [2.75, 3.05) is 11.9 Å². The van der Waals surface area contributed by atoms with Crippen LogP contribution < -0.4 is 10.6 Å². The molecule has 1 saturated heterocycles. The van der Waals surface area contributed by atoms with Gasteiger partial charge in [-0.3, -0.25) is 0 Å². The van der Waals surface area contributed by atoms with Crippen LogP contribution in [0.1, 0.15) is 32.1 Å². The molecular formula is C16H19N5S. The Labute approximate surface area is 135 Å². The van der Waals surface area contributed by atoms with Crippen LogP contribution in [0.3, 0.4) is 0 Å². The van der Waals surface area contributed by atoms with Crippen LogP contribution >= 0.6 is 12.2 Å². The maximum atomic E-state index is 5.55. The van der Waals surface area contributed by atoms with E-state index in [1.54, 1.807) is 12.5 Å². The van der Waals surface area contributed by atoms with Crippen LogP contribution in [-0.2, 0) is 0 Å². The van der Waals surface area contributed by atoms with Crippen molar-refractivity contribution in [2.45, 2.75) is 37.8 Å². The lowest BCUT2D eigenvalue weighted by Crippen LogP contribution is -2.53. The van der Waals surface area contributed by atoms with E-state index < -0.39 is 0 Å². The highest BCUT2D eigenvalue weighted by molar-refractivity contribution is 7.80. The number of thiocarbonyl (C=S) groups is 1. The monoisotopic (exact) mass is 313 g/mol. The third-order valence-electron chi connectivity index (χ3n) is 4.71. The lowest BCUT2D eigenvalue weighted by Gasteiger charge is -2.43. The number of aromatic nitrogens is 2. The molecule has 0 amide bonds. The van der Waals surface area contributed by atoms with Crippen molar-refractivity contribution in [2.24, 2.45) is 0 Å². The van der Waals surface area contributed by atoms with Gasteiger partial charge in [0.1, 0.15) is 22.8 Å². The van der Waals surface area contributed by atoms with Crippen molar-refractivity contribution in [3.8, 4) is 0 Å². The summed E-state index contributed by atoms with van der Waals surface area (Å²) in [6.45, 7) is 0.836. The highest BCUT2D eigenvalue weighted by atomic mass is 32.1. The van der Waals surface area contributed by atoms with Gasteiger partial charge in [0.15, 0.2) is 0 Å². The molecule has 22 heavy (non-hydrogen) atoms. The molecule has 1 saturated carbocycles. The quantitative estimate of drug-likeness (QED) is 0.819. The van der Waals surface area contributed by atoms with Gasteiger partial charge in [-0.2, -0.15) is 0 Å². The SMILES string of the molecule is S=C1NC2(CCCCC2)N2CC(Nc3ccncn3)=CC=C12. The van der Waals surface area contributed by atoms with Crippen LogP contribution in [0, 0.1) is 0 Å². The molecule has 2 aliphatic heterocycles. The molecule has 0 unspecified atom stereocenters. The van der Waals surface area contributed by atoms with E-state index in [0.717, 1.165) is 41.6 Å². The zero-order valence-corrected chi connectivity index (χ0v) is 13.2. The number of rotatable bonds is 2. The number of hydrogen-bond donors (Lipinski definition) is 2. The van der Waals surface area contributed by atoms with Gasteiger partial charge < -0.3 is 15.5 Å². The summed E-state index contributed by atoms with van der Waals surface area (Å²) < 4.78 is 0. The molecule has 0 radical (unpaired) electrons. The summed E-state index contributed by atoms with van der Waals surface area (Å²) >= 11 is 5.55. The summed E-state index contributed by atoms with van der Waals surface area (Å²) in [5, 5.41) is 6.98. The van der Waals surface area contributed by atoms with E-state index in [0.29, 0.717) is 0 Å². The predicted octanol–water partition coefficient (Wildman–Crippen LogP) is 2.56. The molecule has 1 spiro atoms. The van der Waals surface area contributed by atoms with Crippen LogP contribution in [0.4, 0.5) is 5.82 Å². The third kappa shape index (κ3) is 2.27. The minimum absolute atomic E-state index is 0.0219. The molecule has 1 aliphatic carbocycles. The summed E-state index contributed by atoms with van der Waals surface area (Å²) in [4.78, 5) is 11.5. The first-order valence-corrected chi connectivity index (χ1v) is 8.22. The molecule has 5 nitrogen and oxygen atoms in total. The molecule has 0 atom stereocenters. The zero-order valence-electron chi connectivity index (χ0n) is 12.4. The summed E-state index contributed by atoms with van der Waals surface area (Å²) in [6.07, 6.45) is 13.7. The number of fused-ring (bicyclic) bond motifs is 2. The number of anilines is 1. The topological polar surface area (TPSA) is 53.1 Å². The normalized spacial score (nSPS) is 22.7. The van der Waals surface area contributed by atoms with Crippen LogP contribution in [0.25, 0.3) is 0 Å². The molecular weight excluding hydrogens is 294 g/mol. The molecule has 1 aromatic rings. The highest BCUT2D eigenvalue weighted by Crippen LogP contribution is 2.40. The van der Waals surface area contributed by atoms with Crippen molar-refractivity contribution in [1.82, 2.24) is 20.2 Å². The van der Waals surface area contributed by atoms with Gasteiger partial charge in [0.2, 0.25) is 0 Å². The molecule has 1 aromatic heterocycles. The van der Waals surface area contributed by atoms with E-state index in [-0.39, 0.29) is 5.66 Å². The van der Waals surface area contributed by atoms with Crippen molar-refractivity contribution in [3.63, 3.8) is 0 Å². The number of allylic oxidation sites excluding steroid dienone is 2. The Morgan fingerprint density at radius 2 is 2.09 bits per heavy atom. The standard InChI is InChI=1S/C16H19N5S/c22-15-13-5-4-12(19-14-6-9-17-11-18-14)10-21(13)16(20-15)7-2-1-3-8-16/h4-6,9,11H,1-3,7-8,10H2,(H,20,22)(H,17,18,19). The van der Waals surface area contributed by atoms with Crippen molar-refractivity contribution >= 4 is 23.0 Å². The second-order valence-electron chi connectivity index (χ2n) is 6.10. The van der Waals surface area contributed by atoms with Gasteiger partial charge in [-0.15, -0.1) is 0 Å². The van der Waals surface area contributed by atoms with Gasteiger partial charge in [-0.25, -0.2) is 9.97 Å². The smallest absolute Gasteiger partial charge is 0.133 e. The summed E-state index contributed by atoms with van der Waals surface area (Å²) in [5.74, 6) is 0.825. The first-order valence-electron chi connectivity index (χ1n) is 7.81. The van der Waals surface area contributed by atoms with E-state index in [1.165, 1.54) is 19.3 Å². The highest BCUT2D eigenvalue weighted by Gasteiger charge is 2.46. The fraction of sp³-hybridized carbons (Fsp3) is 0.438. The van der Waals surface area contributed by atoms with E-state index >= 15 is 0 Å². The Balaban J connectivity index is 1.58. The first-order chi connectivity index (χ1) is 10.8. The third-order valence-corrected chi connectivity index (χ3v) is 5.02. The minimum Gasteiger partial charge on any atom is -0.352 e. The molecule has 2 N–H and O–H groups in total. The Morgan fingerprint density at radius 1 is 1.23 bits per heavy atom. The average molecular weight is 313 g/mol. The predicted molar refractivity (Wildman–Crippen MR) is 90.1 cm³/mol. The first kappa shape index (κ1) is 13.7. The van der Waals surface area contributed by atoms with Crippen molar-refractivity contribution in [3.05, 3.63) is 42.1 Å². The van der Waals surface area contributed by atoms with Gasteiger partial charge in [-0.1, -0.05) is 18.6 Å². The fourth-order valence-corrected chi connectivity index (χ4v) is 4.01. The number of nitrogens with zero attached hydrogens (tertiary/aromatic N) is 3. The molecule has 0 aromatic carbocycles. The molecule has 114 valence electrons. The number of hydrogen-bond acceptors (Lipinski definition) is 5. The van der Waals surface area contributed by atoms with E-state index in [9.17, 15) is 0 Å². The van der Waals surface area contributed by atoms with E-state index in [4.69, 9.17) is 12.2 Å². The second-order valence-corrected chi connectivity index (χ2v) is 6.50. The summed E-state index contributed by atoms with van der Waals surface area (Å²) in [5.41, 5.74) is 2.32. The lowest BCUT2D eigenvalue weighted by atomic mass is 9.88. The maximum Gasteiger partial charge on any atom is 0.133 e. The average Bonchev–Trinajstić information content (AvgIpc) is 2.81. The Hall–Kier alpha value is -1.95. The fourth-order valence-electron chi connectivity index (χ4n) is 3.64. The maximum absolute atomic E-state index is 5.55. The molecule has 0 bridgehead atoms. The molecule has 2 fully saturated rings. The van der Waals surface area contributed by atoms with E-state index in [2.05, 4.69) is 37.7 Å². The largest absolute Gasteiger partial charge is 0.352 e. The Morgan fingerprint density at radius 3 is 2.86 bits per heavy atom. The van der Waals surface area contributed by atoms with Crippen molar-refractivity contribution in [1.29, 1.82) is 0 Å². The van der Waals surface area contributed by atoms with Crippen LogP contribution in [0.15, 0.2) is 42.1 Å². The summed E-state index contributed by atoms with van der Waals surface area (Å²) in [7, 11) is 0. The summed E-state index contributed by atoms with van der Waals surface area (Å²) in [6, 6.07) is 1.88. The second kappa shape index (κ2) is 5.35. The zero-order chi connectivity index (χ0) is 15.0. The molecule has 3 aliphatic rings. The van der Waals surface area contributed by atoms with Crippen LogP contribution in [-0.4, -0.2) is 32.1 Å². The molecule has 6 heteroatoms. The van der Waals surface area contributed by atoms with Gasteiger partial charge in [0.05, 0.1) is 12.2 Å². The van der Waals surface area contributed by atoms with Gasteiger partial charge in [0, 0.05) is 11.9 Å². The van der Waals surface area contributed by atoms with Gasteiger partial charge in [0.25, 0.3) is 0 Å². The minimum atomic E-state index is 0.0219. The Kier molecular flexibility index (Phi) is 3.33. The van der Waals surface area contributed by atoms with Gasteiger partial charge >= 0.3 is 0 Å². The Bertz CT molecular complexity index is 646. The van der Waals surface area contributed by atoms with Gasteiger partial charge in [-0.05, 0) is 43.9 Å². The van der Waals surface area contributed by atoms with E-state index in [1.807, 2.05) is 6.07 Å². The lowest BCUT2D eigenvalue weighted by molar-refractivity contribution is 0.102. The van der Waals surface area contributed by atoms with Crippen LogP contribution in [0.5, 0.6) is 0 Å². The van der Waals surface area contributed by atoms with Crippen LogP contribution in [0.2, 0.25) is 0 Å².